The van der Waals surface area contributed by atoms with Crippen molar-refractivity contribution in [2.45, 2.75) is 32.7 Å². The lowest BCUT2D eigenvalue weighted by molar-refractivity contribution is 0.697. The summed E-state index contributed by atoms with van der Waals surface area (Å²) >= 11 is 0. The predicted octanol–water partition coefficient (Wildman–Crippen LogP) is 3.35. The molecule has 1 nitrogen and oxygen atoms in total. The van der Waals surface area contributed by atoms with E-state index in [0.717, 1.165) is 12.8 Å². The molecule has 2 N–H and O–H groups in total. The van der Waals surface area contributed by atoms with E-state index in [1.165, 1.54) is 16.7 Å². The van der Waals surface area contributed by atoms with Gasteiger partial charge in [0.25, 0.3) is 0 Å². The Hall–Kier alpha value is -1.08. The molecular formula is C13H19N. The van der Waals surface area contributed by atoms with E-state index < -0.39 is 0 Å². The molecule has 0 aliphatic carbocycles. The molecule has 1 aromatic carbocycles. The van der Waals surface area contributed by atoms with Gasteiger partial charge < -0.3 is 5.73 Å². The molecule has 0 heterocycles. The molecule has 0 aliphatic heterocycles. The summed E-state index contributed by atoms with van der Waals surface area (Å²) in [5.74, 6) is 0. The van der Waals surface area contributed by atoms with Crippen LogP contribution in [0.1, 0.15) is 36.9 Å². The van der Waals surface area contributed by atoms with Crippen molar-refractivity contribution in [2.75, 3.05) is 0 Å². The summed E-state index contributed by atoms with van der Waals surface area (Å²) in [4.78, 5) is 0. The van der Waals surface area contributed by atoms with Crippen molar-refractivity contribution in [3.63, 3.8) is 0 Å². The molecule has 14 heavy (non-hydrogen) atoms. The van der Waals surface area contributed by atoms with Crippen LogP contribution in [0.3, 0.4) is 0 Å². The van der Waals surface area contributed by atoms with Crippen LogP contribution in [-0.2, 0) is 0 Å². The number of benzene rings is 1. The van der Waals surface area contributed by atoms with E-state index in [2.05, 4.69) is 32.6 Å². The highest BCUT2D eigenvalue weighted by Crippen LogP contribution is 2.21. The van der Waals surface area contributed by atoms with Gasteiger partial charge in [0.05, 0.1) is 0 Å². The lowest BCUT2D eigenvalue weighted by Gasteiger charge is -2.15. The predicted molar refractivity (Wildman–Crippen MR) is 62.2 cm³/mol. The third-order valence-electron chi connectivity index (χ3n) is 2.60. The first-order chi connectivity index (χ1) is 6.65. The second-order valence-electron chi connectivity index (χ2n) is 3.77. The molecular weight excluding hydrogens is 170 g/mol. The molecule has 0 bridgehead atoms. The van der Waals surface area contributed by atoms with Crippen LogP contribution >= 0.6 is 0 Å². The molecule has 0 saturated heterocycles. The van der Waals surface area contributed by atoms with Gasteiger partial charge in [-0.3, -0.25) is 0 Å². The lowest BCUT2D eigenvalue weighted by Crippen LogP contribution is -2.12. The number of aryl methyl sites for hydroxylation is 1. The van der Waals surface area contributed by atoms with Gasteiger partial charge in [0.2, 0.25) is 0 Å². The molecule has 1 rings (SSSR count). The smallest absolute Gasteiger partial charge is 0.0335 e. The zero-order chi connectivity index (χ0) is 10.6. The van der Waals surface area contributed by atoms with E-state index in [1.807, 2.05) is 12.1 Å². The van der Waals surface area contributed by atoms with Gasteiger partial charge in [-0.2, -0.15) is 0 Å². The fourth-order valence-electron chi connectivity index (χ4n) is 1.57. The highest BCUT2D eigenvalue weighted by Gasteiger charge is 2.08. The van der Waals surface area contributed by atoms with Gasteiger partial charge in [-0.15, -0.1) is 0 Å². The van der Waals surface area contributed by atoms with Crippen LogP contribution in [0, 0.1) is 6.92 Å². The van der Waals surface area contributed by atoms with Crippen LogP contribution in [0.15, 0.2) is 36.4 Å². The van der Waals surface area contributed by atoms with Crippen molar-refractivity contribution in [3.05, 3.63) is 47.5 Å². The SMILES string of the molecule is C=C(CC)CC(N)c1ccccc1C. The Labute approximate surface area is 86.6 Å². The van der Waals surface area contributed by atoms with Crippen LogP contribution < -0.4 is 5.73 Å². The van der Waals surface area contributed by atoms with Gasteiger partial charge in [0, 0.05) is 6.04 Å². The molecule has 1 unspecified atom stereocenters. The maximum absolute atomic E-state index is 6.11. The summed E-state index contributed by atoms with van der Waals surface area (Å²) in [5, 5.41) is 0. The number of rotatable bonds is 4. The van der Waals surface area contributed by atoms with Crippen LogP contribution in [0.5, 0.6) is 0 Å². The molecule has 0 spiro atoms. The van der Waals surface area contributed by atoms with Gasteiger partial charge in [-0.1, -0.05) is 43.3 Å². The van der Waals surface area contributed by atoms with Gasteiger partial charge >= 0.3 is 0 Å². The lowest BCUT2D eigenvalue weighted by atomic mass is 9.96. The molecule has 0 radical (unpaired) electrons. The van der Waals surface area contributed by atoms with E-state index in [1.54, 1.807) is 0 Å². The van der Waals surface area contributed by atoms with Crippen LogP contribution in [0.4, 0.5) is 0 Å². The number of hydrogen-bond donors (Lipinski definition) is 1. The van der Waals surface area contributed by atoms with Gasteiger partial charge in [-0.25, -0.2) is 0 Å². The maximum Gasteiger partial charge on any atom is 0.0335 e. The quantitative estimate of drug-likeness (QED) is 0.722. The van der Waals surface area contributed by atoms with E-state index in [9.17, 15) is 0 Å². The monoisotopic (exact) mass is 189 g/mol. The zero-order valence-corrected chi connectivity index (χ0v) is 9.09. The van der Waals surface area contributed by atoms with Crippen molar-refractivity contribution in [3.8, 4) is 0 Å². The molecule has 1 aromatic rings. The van der Waals surface area contributed by atoms with Crippen LogP contribution in [0.2, 0.25) is 0 Å². The first-order valence-corrected chi connectivity index (χ1v) is 5.13. The summed E-state index contributed by atoms with van der Waals surface area (Å²) in [6.45, 7) is 8.21. The van der Waals surface area contributed by atoms with E-state index in [0.29, 0.717) is 0 Å². The van der Waals surface area contributed by atoms with Crippen molar-refractivity contribution in [1.82, 2.24) is 0 Å². The fraction of sp³-hybridized carbons (Fsp3) is 0.385. The fourth-order valence-corrected chi connectivity index (χ4v) is 1.57. The molecule has 1 atom stereocenters. The highest BCUT2D eigenvalue weighted by atomic mass is 14.6. The minimum absolute atomic E-state index is 0.101. The molecule has 0 saturated carbocycles. The number of nitrogens with two attached hydrogens (primary N) is 1. The summed E-state index contributed by atoms with van der Waals surface area (Å²) in [6, 6.07) is 8.38. The average molecular weight is 189 g/mol. The molecule has 1 heteroatoms. The van der Waals surface area contributed by atoms with Crippen molar-refractivity contribution < 1.29 is 0 Å². The Morgan fingerprint density at radius 2 is 2.07 bits per heavy atom. The van der Waals surface area contributed by atoms with E-state index >= 15 is 0 Å². The molecule has 76 valence electrons. The van der Waals surface area contributed by atoms with Crippen molar-refractivity contribution in [1.29, 1.82) is 0 Å². The first kappa shape index (κ1) is 11.0. The van der Waals surface area contributed by atoms with Gasteiger partial charge in [-0.05, 0) is 30.9 Å². The maximum atomic E-state index is 6.11. The van der Waals surface area contributed by atoms with Gasteiger partial charge in [0.1, 0.15) is 0 Å². The summed E-state index contributed by atoms with van der Waals surface area (Å²) in [7, 11) is 0. The molecule has 0 amide bonds. The highest BCUT2D eigenvalue weighted by molar-refractivity contribution is 5.29. The Bertz CT molecular complexity index is 315. The normalized spacial score (nSPS) is 12.5. The standard InChI is InChI=1S/C13H19N/c1-4-10(2)9-13(14)12-8-6-5-7-11(12)3/h5-8,13H,2,4,9,14H2,1,3H3. The largest absolute Gasteiger partial charge is 0.324 e. The second kappa shape index (κ2) is 4.97. The van der Waals surface area contributed by atoms with E-state index in [-0.39, 0.29) is 6.04 Å². The Kier molecular flexibility index (Phi) is 3.90. The summed E-state index contributed by atoms with van der Waals surface area (Å²) in [5.41, 5.74) is 9.84. The Morgan fingerprint density at radius 1 is 1.43 bits per heavy atom. The number of hydrogen-bond acceptors (Lipinski definition) is 1. The Morgan fingerprint density at radius 3 is 2.64 bits per heavy atom. The zero-order valence-electron chi connectivity index (χ0n) is 9.09. The first-order valence-electron chi connectivity index (χ1n) is 5.13. The van der Waals surface area contributed by atoms with Crippen molar-refractivity contribution in [2.24, 2.45) is 5.73 Å². The third-order valence-corrected chi connectivity index (χ3v) is 2.60. The molecule has 0 fully saturated rings. The minimum atomic E-state index is 0.101. The molecule has 0 aromatic heterocycles. The molecule has 0 aliphatic rings. The second-order valence-corrected chi connectivity index (χ2v) is 3.77. The van der Waals surface area contributed by atoms with Crippen molar-refractivity contribution >= 4 is 0 Å². The minimum Gasteiger partial charge on any atom is -0.324 e. The van der Waals surface area contributed by atoms with Crippen LogP contribution in [-0.4, -0.2) is 0 Å². The Balaban J connectivity index is 2.74. The van der Waals surface area contributed by atoms with Crippen LogP contribution in [0.25, 0.3) is 0 Å². The summed E-state index contributed by atoms with van der Waals surface area (Å²) in [6.07, 6.45) is 1.90. The third kappa shape index (κ3) is 2.71. The average Bonchev–Trinajstić information content (AvgIpc) is 2.18. The van der Waals surface area contributed by atoms with Gasteiger partial charge in [0.15, 0.2) is 0 Å². The topological polar surface area (TPSA) is 26.0 Å². The summed E-state index contributed by atoms with van der Waals surface area (Å²) < 4.78 is 0. The van der Waals surface area contributed by atoms with E-state index in [4.69, 9.17) is 5.73 Å².